The molecule has 4 nitrogen and oxygen atoms in total. The molecule has 0 atom stereocenters. The van der Waals surface area contributed by atoms with Crippen LogP contribution >= 0.6 is 0 Å². The minimum atomic E-state index is 0.322. The quantitative estimate of drug-likeness (QED) is 0.237. The summed E-state index contributed by atoms with van der Waals surface area (Å²) in [4.78, 5) is 9.88. The van der Waals surface area contributed by atoms with Crippen LogP contribution in [0.15, 0.2) is 48.5 Å². The van der Waals surface area contributed by atoms with Gasteiger partial charge in [0.1, 0.15) is 12.1 Å². The maximum atomic E-state index is 9.41. The fourth-order valence-electron chi connectivity index (χ4n) is 4.73. The van der Waals surface area contributed by atoms with Crippen molar-refractivity contribution in [3.8, 4) is 12.1 Å². The normalized spacial score (nSPS) is 11.6. The SMILES string of the molecule is Cc1c(C)c2cccc3c4nc5cc(C#N)c(C#N)cc5nc4c4cccc1c4c23. The topological polar surface area (TPSA) is 73.4 Å². The van der Waals surface area contributed by atoms with E-state index < -0.39 is 0 Å². The standard InChI is InChI=1S/C26H14N4/c1-13-14(2)18-6-4-8-20-24(18)23-17(13)5-3-7-19(23)25-26(20)30-22-10-16(12-28)15(11-27)9-21(22)29-25/h3-10H,1-2H3. The van der Waals surface area contributed by atoms with E-state index >= 15 is 0 Å². The van der Waals surface area contributed by atoms with E-state index in [-0.39, 0.29) is 0 Å². The minimum Gasteiger partial charge on any atom is -0.244 e. The van der Waals surface area contributed by atoms with Crippen LogP contribution in [0.2, 0.25) is 0 Å². The van der Waals surface area contributed by atoms with E-state index in [2.05, 4.69) is 62.4 Å². The lowest BCUT2D eigenvalue weighted by molar-refractivity contribution is 1.38. The lowest BCUT2D eigenvalue weighted by Crippen LogP contribution is -1.96. The molecule has 4 heteroatoms. The molecular formula is C26H14N4. The summed E-state index contributed by atoms with van der Waals surface area (Å²) in [6.07, 6.45) is 0. The highest BCUT2D eigenvalue weighted by Gasteiger charge is 2.19. The molecule has 0 spiro atoms. The maximum Gasteiger partial charge on any atom is 0.101 e. The van der Waals surface area contributed by atoms with Gasteiger partial charge in [0.25, 0.3) is 0 Å². The zero-order valence-corrected chi connectivity index (χ0v) is 16.4. The third kappa shape index (κ3) is 1.93. The van der Waals surface area contributed by atoms with Crippen molar-refractivity contribution in [2.24, 2.45) is 0 Å². The first-order chi connectivity index (χ1) is 14.6. The summed E-state index contributed by atoms with van der Waals surface area (Å²) < 4.78 is 0. The summed E-state index contributed by atoms with van der Waals surface area (Å²) in [5.74, 6) is 0. The Balaban J connectivity index is 1.96. The Morgan fingerprint density at radius 3 is 1.43 bits per heavy atom. The molecule has 0 aliphatic heterocycles. The number of aryl methyl sites for hydroxylation is 2. The van der Waals surface area contributed by atoms with Crippen molar-refractivity contribution in [2.75, 3.05) is 0 Å². The second-order valence-corrected chi connectivity index (χ2v) is 7.74. The van der Waals surface area contributed by atoms with Crippen molar-refractivity contribution in [3.63, 3.8) is 0 Å². The number of hydrogen-bond donors (Lipinski definition) is 0. The largest absolute Gasteiger partial charge is 0.244 e. The molecule has 0 N–H and O–H groups in total. The summed E-state index contributed by atoms with van der Waals surface area (Å²) in [6.45, 7) is 4.34. The lowest BCUT2D eigenvalue weighted by Gasteiger charge is -2.18. The monoisotopic (exact) mass is 382 g/mol. The van der Waals surface area contributed by atoms with Gasteiger partial charge in [0.15, 0.2) is 0 Å². The second kappa shape index (κ2) is 5.63. The zero-order chi connectivity index (χ0) is 20.6. The molecule has 5 aromatic carbocycles. The highest BCUT2D eigenvalue weighted by molar-refractivity contribution is 6.33. The Bertz CT molecular complexity index is 1650. The van der Waals surface area contributed by atoms with Crippen molar-refractivity contribution in [3.05, 3.63) is 70.8 Å². The molecule has 0 saturated carbocycles. The number of benzene rings is 5. The van der Waals surface area contributed by atoms with Crippen LogP contribution in [0.4, 0.5) is 0 Å². The molecule has 0 amide bonds. The zero-order valence-electron chi connectivity index (χ0n) is 16.4. The number of rotatable bonds is 0. The van der Waals surface area contributed by atoms with Gasteiger partial charge in [0, 0.05) is 10.8 Å². The third-order valence-corrected chi connectivity index (χ3v) is 6.30. The third-order valence-electron chi connectivity index (χ3n) is 6.30. The van der Waals surface area contributed by atoms with E-state index in [9.17, 15) is 10.5 Å². The smallest absolute Gasteiger partial charge is 0.101 e. The van der Waals surface area contributed by atoms with Crippen LogP contribution in [0.5, 0.6) is 0 Å². The molecule has 0 fully saturated rings. The van der Waals surface area contributed by atoms with Gasteiger partial charge in [0.05, 0.1) is 33.2 Å². The van der Waals surface area contributed by atoms with Crippen molar-refractivity contribution >= 4 is 54.4 Å². The first kappa shape index (κ1) is 16.7. The predicted octanol–water partition coefficient (Wildman–Crippen LogP) is 6.04. The highest BCUT2D eigenvalue weighted by Crippen LogP contribution is 2.42. The first-order valence-corrected chi connectivity index (χ1v) is 9.73. The number of fused-ring (bicyclic) bond motifs is 4. The van der Waals surface area contributed by atoms with E-state index in [4.69, 9.17) is 9.97 Å². The minimum absolute atomic E-state index is 0.322. The Morgan fingerprint density at radius 1 is 0.633 bits per heavy atom. The van der Waals surface area contributed by atoms with Gasteiger partial charge in [-0.1, -0.05) is 36.4 Å². The van der Waals surface area contributed by atoms with Gasteiger partial charge in [-0.05, 0) is 58.7 Å². The van der Waals surface area contributed by atoms with Crippen molar-refractivity contribution < 1.29 is 0 Å². The molecular weight excluding hydrogens is 368 g/mol. The molecule has 0 radical (unpaired) electrons. The van der Waals surface area contributed by atoms with Gasteiger partial charge in [-0.2, -0.15) is 10.5 Å². The van der Waals surface area contributed by atoms with Crippen molar-refractivity contribution in [1.82, 2.24) is 9.97 Å². The molecule has 6 aromatic rings. The molecule has 0 aliphatic rings. The van der Waals surface area contributed by atoms with E-state index in [1.54, 1.807) is 12.1 Å². The molecule has 0 bridgehead atoms. The fraction of sp³-hybridized carbons (Fsp3) is 0.0769. The second-order valence-electron chi connectivity index (χ2n) is 7.74. The number of hydrogen-bond acceptors (Lipinski definition) is 4. The maximum absolute atomic E-state index is 9.41. The van der Waals surface area contributed by atoms with Crippen molar-refractivity contribution in [1.29, 1.82) is 10.5 Å². The van der Waals surface area contributed by atoms with E-state index in [1.807, 2.05) is 0 Å². The van der Waals surface area contributed by atoms with E-state index in [0.29, 0.717) is 22.2 Å². The summed E-state index contributed by atoms with van der Waals surface area (Å²) >= 11 is 0. The lowest BCUT2D eigenvalue weighted by atomic mass is 9.87. The van der Waals surface area contributed by atoms with E-state index in [1.165, 1.54) is 32.7 Å². The number of aromatic nitrogens is 2. The van der Waals surface area contributed by atoms with Crippen LogP contribution in [0.25, 0.3) is 54.4 Å². The summed E-state index contributed by atoms with van der Waals surface area (Å²) in [7, 11) is 0. The molecule has 1 aromatic heterocycles. The molecule has 0 saturated heterocycles. The molecule has 0 unspecified atom stereocenters. The van der Waals surface area contributed by atoms with Gasteiger partial charge in [-0.25, -0.2) is 9.97 Å². The Labute approximate surface area is 172 Å². The Hall–Kier alpha value is -4.28. The summed E-state index contributed by atoms with van der Waals surface area (Å²) in [5, 5.41) is 25.8. The van der Waals surface area contributed by atoms with Gasteiger partial charge in [-0.15, -0.1) is 0 Å². The molecule has 30 heavy (non-hydrogen) atoms. The highest BCUT2D eigenvalue weighted by atomic mass is 14.8. The molecule has 1 heterocycles. The van der Waals surface area contributed by atoms with Crippen LogP contribution < -0.4 is 0 Å². The van der Waals surface area contributed by atoms with Crippen LogP contribution in [-0.4, -0.2) is 9.97 Å². The van der Waals surface area contributed by atoms with Crippen LogP contribution in [-0.2, 0) is 0 Å². The first-order valence-electron chi connectivity index (χ1n) is 9.73. The average Bonchev–Trinajstić information content (AvgIpc) is 2.79. The summed E-state index contributed by atoms with van der Waals surface area (Å²) in [6, 6.07) is 20.2. The number of nitriles is 2. The van der Waals surface area contributed by atoms with Gasteiger partial charge in [-0.3, -0.25) is 0 Å². The Morgan fingerprint density at radius 2 is 1.03 bits per heavy atom. The van der Waals surface area contributed by atoms with E-state index in [0.717, 1.165) is 21.8 Å². The molecule has 6 rings (SSSR count). The fourth-order valence-corrected chi connectivity index (χ4v) is 4.73. The van der Waals surface area contributed by atoms with Gasteiger partial charge in [0.2, 0.25) is 0 Å². The Kier molecular flexibility index (Phi) is 3.12. The van der Waals surface area contributed by atoms with Crippen LogP contribution in [0.1, 0.15) is 22.3 Å². The molecule has 0 aliphatic carbocycles. The summed E-state index contributed by atoms with van der Waals surface area (Å²) in [5.41, 5.74) is 6.10. The van der Waals surface area contributed by atoms with Gasteiger partial charge >= 0.3 is 0 Å². The van der Waals surface area contributed by atoms with Crippen LogP contribution in [0.3, 0.4) is 0 Å². The van der Waals surface area contributed by atoms with Crippen molar-refractivity contribution in [2.45, 2.75) is 13.8 Å². The van der Waals surface area contributed by atoms with Crippen LogP contribution in [0, 0.1) is 36.5 Å². The van der Waals surface area contributed by atoms with Gasteiger partial charge < -0.3 is 0 Å². The number of nitrogens with zero attached hydrogens (tertiary/aromatic N) is 4. The molecule has 138 valence electrons. The predicted molar refractivity (Wildman–Crippen MR) is 120 cm³/mol. The average molecular weight is 382 g/mol.